The number of aliphatic hydroxyl groups is 1. The maximum absolute atomic E-state index is 12.2. The van der Waals surface area contributed by atoms with E-state index in [1.807, 2.05) is 0 Å². The first-order valence-corrected chi connectivity index (χ1v) is 4.23. The number of nitro benzene ring substituents is 1. The number of nitrogens with zero attached hydrogens (tertiary/aromatic N) is 1. The minimum atomic E-state index is -4.92. The Morgan fingerprint density at radius 2 is 2.00 bits per heavy atom. The maximum atomic E-state index is 12.2. The molecule has 0 saturated heterocycles. The fraction of sp³-hybridized carbons (Fsp3) is 0.333. The number of hydrogen-bond donors (Lipinski definition) is 1. The zero-order valence-corrected chi connectivity index (χ0v) is 8.15. The molecule has 1 atom stereocenters. The van der Waals surface area contributed by atoms with Gasteiger partial charge in [0, 0.05) is 6.07 Å². The quantitative estimate of drug-likeness (QED) is 0.632. The zero-order valence-electron chi connectivity index (χ0n) is 8.15. The van der Waals surface area contributed by atoms with Crippen LogP contribution in [-0.4, -0.2) is 16.2 Å². The van der Waals surface area contributed by atoms with Gasteiger partial charge in [-0.25, -0.2) is 0 Å². The summed E-state index contributed by atoms with van der Waals surface area (Å²) in [5.41, 5.74) is -1.03. The molecule has 1 rings (SSSR count). The second-order valence-electron chi connectivity index (χ2n) is 3.26. The monoisotopic (exact) mass is 235 g/mol. The first kappa shape index (κ1) is 12.4. The highest BCUT2D eigenvalue weighted by atomic mass is 19.4. The average molecular weight is 235 g/mol. The lowest BCUT2D eigenvalue weighted by atomic mass is 10.0. The molecule has 0 aliphatic carbocycles. The van der Waals surface area contributed by atoms with Crippen molar-refractivity contribution in [2.24, 2.45) is 0 Å². The molecule has 0 aliphatic heterocycles. The Kier molecular flexibility index (Phi) is 3.18. The highest BCUT2D eigenvalue weighted by molar-refractivity contribution is 5.44. The second kappa shape index (κ2) is 4.09. The molecule has 0 aromatic heterocycles. The summed E-state index contributed by atoms with van der Waals surface area (Å²) in [6.45, 7) is 1.51. The summed E-state index contributed by atoms with van der Waals surface area (Å²) in [6.07, 6.45) is -7.76. The van der Waals surface area contributed by atoms with Gasteiger partial charge in [0.25, 0.3) is 5.69 Å². The molecule has 16 heavy (non-hydrogen) atoms. The van der Waals surface area contributed by atoms with Crippen LogP contribution in [0, 0.1) is 17.0 Å². The first-order valence-electron chi connectivity index (χ1n) is 4.23. The van der Waals surface area contributed by atoms with Gasteiger partial charge in [-0.1, -0.05) is 6.07 Å². The number of alkyl halides is 3. The fourth-order valence-electron chi connectivity index (χ4n) is 1.22. The van der Waals surface area contributed by atoms with Crippen LogP contribution in [0.1, 0.15) is 17.2 Å². The van der Waals surface area contributed by atoms with Gasteiger partial charge in [-0.2, -0.15) is 13.2 Å². The Morgan fingerprint density at radius 3 is 2.44 bits per heavy atom. The third kappa shape index (κ3) is 2.48. The van der Waals surface area contributed by atoms with E-state index < -0.39 is 28.5 Å². The number of benzene rings is 1. The highest BCUT2D eigenvalue weighted by Gasteiger charge is 2.42. The Hall–Kier alpha value is -1.63. The van der Waals surface area contributed by atoms with Crippen molar-refractivity contribution >= 4 is 5.69 Å². The molecule has 0 spiro atoms. The number of rotatable bonds is 2. The van der Waals surface area contributed by atoms with Crippen LogP contribution in [-0.2, 0) is 0 Å². The highest BCUT2D eigenvalue weighted by Crippen LogP contribution is 2.37. The van der Waals surface area contributed by atoms with Crippen LogP contribution in [0.3, 0.4) is 0 Å². The van der Waals surface area contributed by atoms with Crippen molar-refractivity contribution in [2.75, 3.05) is 0 Å². The molecule has 0 bridgehead atoms. The molecule has 1 unspecified atom stereocenters. The van der Waals surface area contributed by atoms with Crippen molar-refractivity contribution < 1.29 is 23.2 Å². The van der Waals surface area contributed by atoms with Crippen molar-refractivity contribution in [1.82, 2.24) is 0 Å². The molecule has 0 fully saturated rings. The summed E-state index contributed by atoms with van der Waals surface area (Å²) in [5.74, 6) is 0. The number of nitro groups is 1. The third-order valence-corrected chi connectivity index (χ3v) is 1.99. The van der Waals surface area contributed by atoms with E-state index in [1.165, 1.54) is 13.0 Å². The van der Waals surface area contributed by atoms with Crippen LogP contribution in [0.25, 0.3) is 0 Å². The first-order chi connectivity index (χ1) is 7.23. The van der Waals surface area contributed by atoms with E-state index in [1.54, 1.807) is 0 Å². The SMILES string of the molecule is Cc1ccc(C(O)C(F)(F)F)c([N+](=O)[O-])c1. The molecule has 0 heterocycles. The number of aliphatic hydroxyl groups excluding tert-OH is 1. The van der Waals surface area contributed by atoms with Crippen LogP contribution in [0.5, 0.6) is 0 Å². The lowest BCUT2D eigenvalue weighted by Crippen LogP contribution is -2.21. The maximum Gasteiger partial charge on any atom is 0.418 e. The van der Waals surface area contributed by atoms with Gasteiger partial charge in [0.2, 0.25) is 0 Å². The van der Waals surface area contributed by atoms with E-state index in [2.05, 4.69) is 0 Å². The minimum Gasteiger partial charge on any atom is -0.379 e. The smallest absolute Gasteiger partial charge is 0.379 e. The van der Waals surface area contributed by atoms with Crippen LogP contribution >= 0.6 is 0 Å². The van der Waals surface area contributed by atoms with Crippen LogP contribution < -0.4 is 0 Å². The molecule has 88 valence electrons. The van der Waals surface area contributed by atoms with Crippen molar-refractivity contribution in [2.45, 2.75) is 19.2 Å². The lowest BCUT2D eigenvalue weighted by molar-refractivity contribution is -0.387. The zero-order chi connectivity index (χ0) is 12.5. The third-order valence-electron chi connectivity index (χ3n) is 1.99. The number of hydrogen-bond acceptors (Lipinski definition) is 3. The van der Waals surface area contributed by atoms with Gasteiger partial charge in [-0.05, 0) is 18.6 Å². The van der Waals surface area contributed by atoms with Gasteiger partial charge in [0.05, 0.1) is 10.5 Å². The van der Waals surface area contributed by atoms with Gasteiger partial charge >= 0.3 is 6.18 Å². The Bertz CT molecular complexity index is 417. The Balaban J connectivity index is 3.28. The Labute approximate surface area is 88.5 Å². The average Bonchev–Trinajstić information content (AvgIpc) is 2.15. The van der Waals surface area contributed by atoms with E-state index in [9.17, 15) is 23.3 Å². The van der Waals surface area contributed by atoms with Gasteiger partial charge in [-0.15, -0.1) is 0 Å². The van der Waals surface area contributed by atoms with Crippen molar-refractivity contribution in [3.8, 4) is 0 Å². The van der Waals surface area contributed by atoms with Gasteiger partial charge in [-0.3, -0.25) is 10.1 Å². The van der Waals surface area contributed by atoms with Crippen molar-refractivity contribution in [1.29, 1.82) is 0 Å². The van der Waals surface area contributed by atoms with Gasteiger partial charge in [0.1, 0.15) is 0 Å². The molecule has 4 nitrogen and oxygen atoms in total. The van der Waals surface area contributed by atoms with Crippen LogP contribution in [0.15, 0.2) is 18.2 Å². The van der Waals surface area contributed by atoms with Crippen molar-refractivity contribution in [3.63, 3.8) is 0 Å². The molecule has 0 radical (unpaired) electrons. The van der Waals surface area contributed by atoms with Gasteiger partial charge in [0.15, 0.2) is 6.10 Å². The van der Waals surface area contributed by atoms with E-state index in [0.29, 0.717) is 5.56 Å². The van der Waals surface area contributed by atoms with E-state index in [0.717, 1.165) is 12.1 Å². The number of aryl methyl sites for hydroxylation is 1. The molecule has 0 aliphatic rings. The predicted octanol–water partition coefficient (Wildman–Crippen LogP) is 2.50. The minimum absolute atomic E-state index is 0.449. The summed E-state index contributed by atoms with van der Waals surface area (Å²) < 4.78 is 36.6. The summed E-state index contributed by atoms with van der Waals surface area (Å²) in [5, 5.41) is 19.5. The van der Waals surface area contributed by atoms with Gasteiger partial charge < -0.3 is 5.11 Å². The molecular weight excluding hydrogens is 227 g/mol. The lowest BCUT2D eigenvalue weighted by Gasteiger charge is -2.14. The summed E-state index contributed by atoms with van der Waals surface area (Å²) in [4.78, 5) is 9.59. The van der Waals surface area contributed by atoms with Crippen molar-refractivity contribution in [3.05, 3.63) is 39.4 Å². The fourth-order valence-corrected chi connectivity index (χ4v) is 1.22. The van der Waals surface area contributed by atoms with Crippen LogP contribution in [0.4, 0.5) is 18.9 Å². The topological polar surface area (TPSA) is 63.4 Å². The number of halogens is 3. The standard InChI is InChI=1S/C9H8F3NO3/c1-5-2-3-6(7(4-5)13(15)16)8(14)9(10,11)12/h2-4,8,14H,1H3. The summed E-state index contributed by atoms with van der Waals surface area (Å²) >= 11 is 0. The largest absolute Gasteiger partial charge is 0.418 e. The Morgan fingerprint density at radius 1 is 1.44 bits per heavy atom. The summed E-state index contributed by atoms with van der Waals surface area (Å²) in [7, 11) is 0. The normalized spacial score (nSPS) is 13.6. The molecule has 7 heteroatoms. The predicted molar refractivity (Wildman–Crippen MR) is 48.8 cm³/mol. The molecule has 1 N–H and O–H groups in total. The second-order valence-corrected chi connectivity index (χ2v) is 3.26. The van der Waals surface area contributed by atoms with Crippen LogP contribution in [0.2, 0.25) is 0 Å². The van der Waals surface area contributed by atoms with E-state index in [-0.39, 0.29) is 0 Å². The molecule has 1 aromatic rings. The molecule has 0 amide bonds. The van der Waals surface area contributed by atoms with E-state index in [4.69, 9.17) is 5.11 Å². The molecular formula is C9H8F3NO3. The van der Waals surface area contributed by atoms with E-state index >= 15 is 0 Å². The molecule has 1 aromatic carbocycles. The molecule has 0 saturated carbocycles. The summed E-state index contributed by atoms with van der Waals surface area (Å²) in [6, 6.07) is 3.17.